The van der Waals surface area contributed by atoms with Crippen molar-refractivity contribution in [1.82, 2.24) is 5.32 Å². The Morgan fingerprint density at radius 3 is 2.29 bits per heavy atom. The zero-order valence-electron chi connectivity index (χ0n) is 12.2. The molecule has 0 fully saturated rings. The fraction of sp³-hybridized carbons (Fsp3) is 0.125. The zero-order valence-corrected chi connectivity index (χ0v) is 12.2. The molecule has 0 aliphatic heterocycles. The number of amides is 2. The Morgan fingerprint density at radius 1 is 1.00 bits per heavy atom. The molecule has 8 heteroatoms. The number of carbonyl (C=O) groups is 2. The average molecular weight is 338 g/mol. The molecule has 0 atom stereocenters. The molecule has 0 saturated heterocycles. The Bertz CT molecular complexity index is 760. The van der Waals surface area contributed by atoms with Crippen LogP contribution in [0.15, 0.2) is 48.5 Å². The molecule has 0 aliphatic rings. The Morgan fingerprint density at radius 2 is 1.62 bits per heavy atom. The van der Waals surface area contributed by atoms with Gasteiger partial charge < -0.3 is 15.7 Å². The van der Waals surface area contributed by atoms with Gasteiger partial charge in [0.15, 0.2) is 0 Å². The molecule has 2 aromatic rings. The number of phenolic OH excluding ortho intramolecular Hbond substituents is 1. The first-order chi connectivity index (χ1) is 11.3. The highest BCUT2D eigenvalue weighted by atomic mass is 19.4. The number of phenols is 1. The van der Waals surface area contributed by atoms with Crippen molar-refractivity contribution >= 4 is 17.5 Å². The van der Waals surface area contributed by atoms with E-state index in [9.17, 15) is 27.9 Å². The largest absolute Gasteiger partial charge is 0.507 e. The summed E-state index contributed by atoms with van der Waals surface area (Å²) in [4.78, 5) is 23.0. The SMILES string of the molecule is O=C(Nc1ccccc1CNC(=O)C(F)(F)F)c1ccccc1O. The molecule has 0 radical (unpaired) electrons. The lowest BCUT2D eigenvalue weighted by Gasteiger charge is -2.13. The van der Waals surface area contributed by atoms with Gasteiger partial charge in [0, 0.05) is 12.2 Å². The molecule has 0 saturated carbocycles. The van der Waals surface area contributed by atoms with E-state index in [1.165, 1.54) is 24.3 Å². The molecule has 5 nitrogen and oxygen atoms in total. The molecule has 3 N–H and O–H groups in total. The van der Waals surface area contributed by atoms with E-state index in [0.29, 0.717) is 5.56 Å². The number of anilines is 1. The highest BCUT2D eigenvalue weighted by Crippen LogP contribution is 2.21. The number of carbonyl (C=O) groups excluding carboxylic acids is 2. The van der Waals surface area contributed by atoms with E-state index in [4.69, 9.17) is 0 Å². The number of halogens is 3. The summed E-state index contributed by atoms with van der Waals surface area (Å²) in [6.07, 6.45) is -4.98. The molecule has 0 spiro atoms. The van der Waals surface area contributed by atoms with E-state index in [1.54, 1.807) is 29.6 Å². The summed E-state index contributed by atoms with van der Waals surface area (Å²) in [5.41, 5.74) is 0.540. The van der Waals surface area contributed by atoms with Crippen molar-refractivity contribution in [2.45, 2.75) is 12.7 Å². The first-order valence-corrected chi connectivity index (χ1v) is 6.81. The smallest absolute Gasteiger partial charge is 0.471 e. The molecule has 126 valence electrons. The summed E-state index contributed by atoms with van der Waals surface area (Å²) < 4.78 is 36.7. The Kier molecular flexibility index (Phi) is 5.08. The predicted molar refractivity (Wildman–Crippen MR) is 80.4 cm³/mol. The van der Waals surface area contributed by atoms with Gasteiger partial charge in [-0.05, 0) is 23.8 Å². The van der Waals surface area contributed by atoms with Gasteiger partial charge in [-0.3, -0.25) is 9.59 Å². The Balaban J connectivity index is 2.13. The third kappa shape index (κ3) is 4.25. The fourth-order valence-electron chi connectivity index (χ4n) is 1.93. The number of hydrogen-bond donors (Lipinski definition) is 3. The summed E-state index contributed by atoms with van der Waals surface area (Å²) in [6.45, 7) is -0.407. The molecule has 0 aromatic heterocycles. The number of rotatable bonds is 4. The number of aromatic hydroxyl groups is 1. The highest BCUT2D eigenvalue weighted by Gasteiger charge is 2.38. The van der Waals surface area contributed by atoms with E-state index < -0.39 is 24.5 Å². The van der Waals surface area contributed by atoms with Crippen LogP contribution in [0.5, 0.6) is 5.75 Å². The van der Waals surface area contributed by atoms with E-state index in [0.717, 1.165) is 0 Å². The van der Waals surface area contributed by atoms with Crippen molar-refractivity contribution in [3.8, 4) is 5.75 Å². The summed E-state index contributed by atoms with van der Waals surface area (Å²) in [7, 11) is 0. The second-order valence-corrected chi connectivity index (χ2v) is 4.81. The maximum atomic E-state index is 12.2. The van der Waals surface area contributed by atoms with Gasteiger partial charge in [-0.2, -0.15) is 13.2 Å². The fourth-order valence-corrected chi connectivity index (χ4v) is 1.93. The molecule has 24 heavy (non-hydrogen) atoms. The van der Waals surface area contributed by atoms with Crippen LogP contribution in [0.2, 0.25) is 0 Å². The number of alkyl halides is 3. The molecule has 0 unspecified atom stereocenters. The molecular weight excluding hydrogens is 325 g/mol. The van der Waals surface area contributed by atoms with Gasteiger partial charge in [-0.1, -0.05) is 30.3 Å². The lowest BCUT2D eigenvalue weighted by atomic mass is 10.1. The third-order valence-electron chi connectivity index (χ3n) is 3.11. The number of benzene rings is 2. The maximum absolute atomic E-state index is 12.2. The molecular formula is C16H13F3N2O3. The summed E-state index contributed by atoms with van der Waals surface area (Å²) in [6, 6.07) is 11.9. The monoisotopic (exact) mass is 338 g/mol. The zero-order chi connectivity index (χ0) is 17.7. The summed E-state index contributed by atoms with van der Waals surface area (Å²) >= 11 is 0. The van der Waals surface area contributed by atoms with Gasteiger partial charge in [-0.25, -0.2) is 0 Å². The van der Waals surface area contributed by atoms with Gasteiger partial charge in [0.25, 0.3) is 5.91 Å². The van der Waals surface area contributed by atoms with Crippen LogP contribution in [0.4, 0.5) is 18.9 Å². The minimum absolute atomic E-state index is 0.0200. The average Bonchev–Trinajstić information content (AvgIpc) is 2.53. The minimum Gasteiger partial charge on any atom is -0.507 e. The van der Waals surface area contributed by atoms with Gasteiger partial charge in [-0.15, -0.1) is 0 Å². The van der Waals surface area contributed by atoms with E-state index >= 15 is 0 Å². The predicted octanol–water partition coefficient (Wildman–Crippen LogP) is 2.82. The van der Waals surface area contributed by atoms with Gasteiger partial charge in [0.1, 0.15) is 5.75 Å². The van der Waals surface area contributed by atoms with Crippen molar-refractivity contribution < 1.29 is 27.9 Å². The lowest BCUT2D eigenvalue weighted by Crippen LogP contribution is -2.36. The second-order valence-electron chi connectivity index (χ2n) is 4.81. The van der Waals surface area contributed by atoms with Gasteiger partial charge in [0.05, 0.1) is 5.56 Å². The molecule has 2 aromatic carbocycles. The Labute approximate surface area is 135 Å². The summed E-state index contributed by atoms with van der Waals surface area (Å²) in [5.74, 6) is -2.91. The summed E-state index contributed by atoms with van der Waals surface area (Å²) in [5, 5.41) is 13.9. The molecule has 0 bridgehead atoms. The van der Waals surface area contributed by atoms with Crippen LogP contribution in [-0.4, -0.2) is 23.1 Å². The topological polar surface area (TPSA) is 78.4 Å². The van der Waals surface area contributed by atoms with Gasteiger partial charge >= 0.3 is 12.1 Å². The van der Waals surface area contributed by atoms with Crippen molar-refractivity contribution in [3.63, 3.8) is 0 Å². The highest BCUT2D eigenvalue weighted by molar-refractivity contribution is 6.06. The van der Waals surface area contributed by atoms with Crippen LogP contribution >= 0.6 is 0 Å². The quantitative estimate of drug-likeness (QED) is 0.802. The molecule has 2 rings (SSSR count). The molecule has 2 amide bonds. The lowest BCUT2D eigenvalue weighted by molar-refractivity contribution is -0.173. The van der Waals surface area contributed by atoms with Crippen molar-refractivity contribution in [1.29, 1.82) is 0 Å². The molecule has 0 aliphatic carbocycles. The standard InChI is InChI=1S/C16H13F3N2O3/c17-16(18,19)15(24)20-9-10-5-1-3-7-12(10)21-14(23)11-6-2-4-8-13(11)22/h1-8,22H,9H2,(H,20,24)(H,21,23). The van der Waals surface area contributed by atoms with Crippen LogP contribution in [0, 0.1) is 0 Å². The maximum Gasteiger partial charge on any atom is 0.471 e. The van der Waals surface area contributed by atoms with E-state index in [2.05, 4.69) is 5.32 Å². The number of hydrogen-bond acceptors (Lipinski definition) is 3. The van der Waals surface area contributed by atoms with Gasteiger partial charge in [0.2, 0.25) is 0 Å². The first kappa shape index (κ1) is 17.3. The minimum atomic E-state index is -4.98. The third-order valence-corrected chi connectivity index (χ3v) is 3.11. The van der Waals surface area contributed by atoms with Crippen LogP contribution in [0.25, 0.3) is 0 Å². The first-order valence-electron chi connectivity index (χ1n) is 6.81. The molecule has 0 heterocycles. The number of para-hydroxylation sites is 2. The van der Waals surface area contributed by atoms with E-state index in [-0.39, 0.29) is 17.0 Å². The second kappa shape index (κ2) is 7.03. The Hall–Kier alpha value is -3.03. The van der Waals surface area contributed by atoms with E-state index in [1.807, 2.05) is 0 Å². The van der Waals surface area contributed by atoms with Crippen molar-refractivity contribution in [3.05, 3.63) is 59.7 Å². The van der Waals surface area contributed by atoms with Crippen LogP contribution < -0.4 is 10.6 Å². The van der Waals surface area contributed by atoms with Crippen molar-refractivity contribution in [2.24, 2.45) is 0 Å². The van der Waals surface area contributed by atoms with Crippen molar-refractivity contribution in [2.75, 3.05) is 5.32 Å². The van der Waals surface area contributed by atoms with Crippen LogP contribution in [-0.2, 0) is 11.3 Å². The van der Waals surface area contributed by atoms with Crippen LogP contribution in [0.1, 0.15) is 15.9 Å². The normalized spacial score (nSPS) is 11.0. The van der Waals surface area contributed by atoms with Crippen LogP contribution in [0.3, 0.4) is 0 Å². The number of nitrogens with one attached hydrogen (secondary N) is 2.